The van der Waals surface area contributed by atoms with Gasteiger partial charge in [0, 0.05) is 38.0 Å². The average Bonchev–Trinajstić information content (AvgIpc) is 2.50. The predicted molar refractivity (Wildman–Crippen MR) is 84.8 cm³/mol. The van der Waals surface area contributed by atoms with E-state index in [1.54, 1.807) is 7.05 Å². The van der Waals surface area contributed by atoms with Gasteiger partial charge in [-0.3, -0.25) is 4.79 Å². The molecule has 1 saturated heterocycles. The molecule has 1 aliphatic heterocycles. The topological polar surface area (TPSA) is 58.1 Å². The van der Waals surface area contributed by atoms with Crippen LogP contribution in [0.3, 0.4) is 0 Å². The second kappa shape index (κ2) is 7.07. The Balaban J connectivity index is 2.14. The summed E-state index contributed by atoms with van der Waals surface area (Å²) in [6.07, 6.45) is 3.53. The number of halogens is 1. The van der Waals surface area contributed by atoms with Gasteiger partial charge in [-0.25, -0.2) is 9.97 Å². The van der Waals surface area contributed by atoms with E-state index in [2.05, 4.69) is 27.1 Å². The van der Waals surface area contributed by atoms with Crippen LogP contribution in [0.5, 0.6) is 0 Å². The van der Waals surface area contributed by atoms with Crippen LogP contribution >= 0.6 is 11.6 Å². The Morgan fingerprint density at radius 2 is 2.05 bits per heavy atom. The summed E-state index contributed by atoms with van der Waals surface area (Å²) in [5, 5.41) is 3.27. The Morgan fingerprint density at radius 1 is 1.38 bits per heavy atom. The number of aromatic nitrogens is 2. The summed E-state index contributed by atoms with van der Waals surface area (Å²) >= 11 is 6.23. The predicted octanol–water partition coefficient (Wildman–Crippen LogP) is 2.35. The fourth-order valence-electron chi connectivity index (χ4n) is 2.72. The number of aryl methyl sites for hydroxylation is 1. The molecule has 0 atom stereocenters. The maximum absolute atomic E-state index is 11.7. The lowest BCUT2D eigenvalue weighted by Gasteiger charge is -2.33. The number of hydrogen-bond acceptors (Lipinski definition) is 4. The monoisotopic (exact) mass is 310 g/mol. The summed E-state index contributed by atoms with van der Waals surface area (Å²) in [6.45, 7) is 5.72. The maximum atomic E-state index is 11.7. The molecular formula is C15H23ClN4O. The van der Waals surface area contributed by atoms with E-state index in [-0.39, 0.29) is 11.8 Å². The molecule has 2 heterocycles. The number of carbonyl (C=O) groups is 1. The van der Waals surface area contributed by atoms with E-state index < -0.39 is 0 Å². The second-order valence-corrected chi connectivity index (χ2v) is 5.86. The van der Waals surface area contributed by atoms with E-state index in [0.717, 1.165) is 56.0 Å². The van der Waals surface area contributed by atoms with Gasteiger partial charge < -0.3 is 10.2 Å². The Kier molecular flexibility index (Phi) is 5.39. The largest absolute Gasteiger partial charge is 0.359 e. The first-order chi connectivity index (χ1) is 10.1. The molecule has 6 heteroatoms. The summed E-state index contributed by atoms with van der Waals surface area (Å²) in [6, 6.07) is 0. The van der Waals surface area contributed by atoms with Crippen LogP contribution < -0.4 is 10.2 Å². The van der Waals surface area contributed by atoms with Gasteiger partial charge >= 0.3 is 0 Å². The van der Waals surface area contributed by atoms with Crippen LogP contribution in [0.2, 0.25) is 5.15 Å². The van der Waals surface area contributed by atoms with Crippen molar-refractivity contribution in [2.24, 2.45) is 5.92 Å². The molecule has 1 aromatic heterocycles. The number of carbonyl (C=O) groups excluding carboxylic acids is 1. The molecule has 1 aliphatic rings. The smallest absolute Gasteiger partial charge is 0.222 e. The summed E-state index contributed by atoms with van der Waals surface area (Å²) in [5.41, 5.74) is 0.926. The van der Waals surface area contributed by atoms with Crippen molar-refractivity contribution < 1.29 is 4.79 Å². The molecule has 1 fully saturated rings. The van der Waals surface area contributed by atoms with Crippen molar-refractivity contribution in [2.75, 3.05) is 25.0 Å². The first kappa shape index (κ1) is 16.0. The van der Waals surface area contributed by atoms with E-state index >= 15 is 0 Å². The third-order valence-electron chi connectivity index (χ3n) is 3.99. The number of amides is 1. The van der Waals surface area contributed by atoms with Crippen LogP contribution in [-0.4, -0.2) is 36.0 Å². The van der Waals surface area contributed by atoms with Gasteiger partial charge in [0.2, 0.25) is 5.91 Å². The highest BCUT2D eigenvalue weighted by Gasteiger charge is 2.26. The minimum Gasteiger partial charge on any atom is -0.359 e. The Labute approximate surface area is 131 Å². The molecule has 1 aromatic rings. The fourth-order valence-corrected chi connectivity index (χ4v) is 2.90. The fraction of sp³-hybridized carbons (Fsp3) is 0.667. The number of hydrogen-bond donors (Lipinski definition) is 1. The van der Waals surface area contributed by atoms with Crippen LogP contribution in [0.1, 0.15) is 37.6 Å². The van der Waals surface area contributed by atoms with Crippen molar-refractivity contribution in [3.05, 3.63) is 16.5 Å². The minimum atomic E-state index is 0.110. The van der Waals surface area contributed by atoms with Gasteiger partial charge in [-0.05, 0) is 26.2 Å². The lowest BCUT2D eigenvalue weighted by Crippen LogP contribution is -2.40. The lowest BCUT2D eigenvalue weighted by atomic mass is 9.96. The molecule has 0 spiro atoms. The Bertz CT molecular complexity index is 513. The SMILES string of the molecule is CCCc1nc(Cl)c(C)c(N2CCC(C(=O)NC)CC2)n1. The standard InChI is InChI=1S/C15H23ClN4O/c1-4-5-12-18-13(16)10(2)14(19-12)20-8-6-11(7-9-20)15(21)17-3/h11H,4-9H2,1-3H3,(H,17,21). The minimum absolute atomic E-state index is 0.110. The van der Waals surface area contributed by atoms with Crippen molar-refractivity contribution in [1.82, 2.24) is 15.3 Å². The van der Waals surface area contributed by atoms with Gasteiger partial charge in [-0.15, -0.1) is 0 Å². The van der Waals surface area contributed by atoms with Gasteiger partial charge in [-0.2, -0.15) is 0 Å². The zero-order valence-electron chi connectivity index (χ0n) is 12.9. The maximum Gasteiger partial charge on any atom is 0.222 e. The first-order valence-electron chi connectivity index (χ1n) is 7.56. The first-order valence-corrected chi connectivity index (χ1v) is 7.94. The molecule has 116 valence electrons. The zero-order valence-corrected chi connectivity index (χ0v) is 13.7. The van der Waals surface area contributed by atoms with Gasteiger partial charge in [0.05, 0.1) is 0 Å². The highest BCUT2D eigenvalue weighted by molar-refractivity contribution is 6.30. The molecule has 21 heavy (non-hydrogen) atoms. The number of nitrogens with zero attached hydrogens (tertiary/aromatic N) is 3. The average molecular weight is 311 g/mol. The molecule has 0 saturated carbocycles. The quantitative estimate of drug-likeness (QED) is 0.867. The molecule has 0 unspecified atom stereocenters. The number of anilines is 1. The van der Waals surface area contributed by atoms with Crippen molar-refractivity contribution in [2.45, 2.75) is 39.5 Å². The summed E-state index contributed by atoms with van der Waals surface area (Å²) in [5.74, 6) is 1.98. The summed E-state index contributed by atoms with van der Waals surface area (Å²) in [7, 11) is 1.69. The number of rotatable bonds is 4. The molecule has 5 nitrogen and oxygen atoms in total. The van der Waals surface area contributed by atoms with Crippen LogP contribution in [0.25, 0.3) is 0 Å². The number of piperidine rings is 1. The summed E-state index contributed by atoms with van der Waals surface area (Å²) < 4.78 is 0. The van der Waals surface area contributed by atoms with Crippen LogP contribution in [0, 0.1) is 12.8 Å². The number of nitrogens with one attached hydrogen (secondary N) is 1. The Hall–Kier alpha value is -1.36. The van der Waals surface area contributed by atoms with E-state index in [9.17, 15) is 4.79 Å². The Morgan fingerprint density at radius 3 is 2.62 bits per heavy atom. The normalized spacial score (nSPS) is 16.1. The van der Waals surface area contributed by atoms with Crippen LogP contribution in [0.4, 0.5) is 5.82 Å². The molecule has 0 aromatic carbocycles. The van der Waals surface area contributed by atoms with E-state index in [0.29, 0.717) is 5.15 Å². The molecule has 1 amide bonds. The van der Waals surface area contributed by atoms with Crippen molar-refractivity contribution in [3.63, 3.8) is 0 Å². The molecule has 0 aliphatic carbocycles. The third-order valence-corrected chi connectivity index (χ3v) is 4.36. The van der Waals surface area contributed by atoms with E-state index in [1.807, 2.05) is 6.92 Å². The zero-order chi connectivity index (χ0) is 15.4. The van der Waals surface area contributed by atoms with Gasteiger partial charge in [0.25, 0.3) is 0 Å². The molecule has 1 N–H and O–H groups in total. The third kappa shape index (κ3) is 3.64. The molecule has 0 bridgehead atoms. The molecule has 0 radical (unpaired) electrons. The van der Waals surface area contributed by atoms with E-state index in [1.165, 1.54) is 0 Å². The van der Waals surface area contributed by atoms with Gasteiger partial charge in [0.1, 0.15) is 16.8 Å². The highest BCUT2D eigenvalue weighted by atomic mass is 35.5. The van der Waals surface area contributed by atoms with E-state index in [4.69, 9.17) is 11.6 Å². The second-order valence-electron chi connectivity index (χ2n) is 5.50. The van der Waals surface area contributed by atoms with Crippen LogP contribution in [0.15, 0.2) is 0 Å². The van der Waals surface area contributed by atoms with Gasteiger partial charge in [-0.1, -0.05) is 18.5 Å². The van der Waals surface area contributed by atoms with Crippen molar-refractivity contribution in [3.8, 4) is 0 Å². The molecule has 2 rings (SSSR count). The summed E-state index contributed by atoms with van der Waals surface area (Å²) in [4.78, 5) is 22.9. The van der Waals surface area contributed by atoms with Crippen molar-refractivity contribution >= 4 is 23.3 Å². The van der Waals surface area contributed by atoms with Crippen molar-refractivity contribution in [1.29, 1.82) is 0 Å². The van der Waals surface area contributed by atoms with Gasteiger partial charge in [0.15, 0.2) is 0 Å². The molecular weight excluding hydrogens is 288 g/mol. The lowest BCUT2D eigenvalue weighted by molar-refractivity contribution is -0.125. The highest BCUT2D eigenvalue weighted by Crippen LogP contribution is 2.28. The van der Waals surface area contributed by atoms with Crippen LogP contribution in [-0.2, 0) is 11.2 Å².